The molecule has 0 radical (unpaired) electrons. The predicted molar refractivity (Wildman–Crippen MR) is 81.6 cm³/mol. The van der Waals surface area contributed by atoms with Crippen molar-refractivity contribution in [2.24, 2.45) is 0 Å². The molecule has 0 aliphatic rings. The maximum Gasteiger partial charge on any atom is 0.244 e. The summed E-state index contributed by atoms with van der Waals surface area (Å²) in [7, 11) is -2.07. The van der Waals surface area contributed by atoms with Crippen LogP contribution < -0.4 is 4.74 Å². The molecule has 0 unspecified atom stereocenters. The molecule has 0 heterocycles. The average molecular weight is 295 g/mol. The molecule has 0 saturated carbocycles. The van der Waals surface area contributed by atoms with Crippen LogP contribution in [0.3, 0.4) is 0 Å². The van der Waals surface area contributed by atoms with E-state index in [4.69, 9.17) is 4.74 Å². The molecule has 0 atom stereocenters. The smallest absolute Gasteiger partial charge is 0.244 e. The Bertz CT molecular complexity index is 596. The highest BCUT2D eigenvalue weighted by molar-refractivity contribution is 7.89. The maximum absolute atomic E-state index is 12.7. The number of benzene rings is 1. The second-order valence-electron chi connectivity index (χ2n) is 4.49. The van der Waals surface area contributed by atoms with Gasteiger partial charge in [0.1, 0.15) is 5.75 Å². The molecule has 1 aromatic rings. The third kappa shape index (κ3) is 3.29. The molecule has 20 heavy (non-hydrogen) atoms. The summed E-state index contributed by atoms with van der Waals surface area (Å²) in [4.78, 5) is 0.253. The minimum Gasteiger partial charge on any atom is -0.496 e. The fraction of sp³-hybridized carbons (Fsp3) is 0.333. The summed E-state index contributed by atoms with van der Waals surface area (Å²) in [5, 5.41) is 0. The van der Waals surface area contributed by atoms with Crippen LogP contribution in [0.1, 0.15) is 11.1 Å². The van der Waals surface area contributed by atoms with E-state index in [9.17, 15) is 8.42 Å². The van der Waals surface area contributed by atoms with Crippen molar-refractivity contribution in [2.45, 2.75) is 18.7 Å². The number of nitrogens with zero attached hydrogens (tertiary/aromatic N) is 1. The first-order chi connectivity index (χ1) is 9.38. The molecular formula is C15H21NO3S. The molecular weight excluding hydrogens is 274 g/mol. The van der Waals surface area contributed by atoms with Gasteiger partial charge in [0, 0.05) is 19.2 Å². The number of rotatable bonds is 7. The van der Waals surface area contributed by atoms with Crippen LogP contribution in [-0.2, 0) is 10.0 Å². The topological polar surface area (TPSA) is 46.6 Å². The van der Waals surface area contributed by atoms with Crippen LogP contribution in [0.25, 0.3) is 0 Å². The zero-order chi connectivity index (χ0) is 15.3. The van der Waals surface area contributed by atoms with E-state index in [0.29, 0.717) is 11.3 Å². The number of methoxy groups -OCH3 is 1. The van der Waals surface area contributed by atoms with Crippen molar-refractivity contribution in [3.63, 3.8) is 0 Å². The molecule has 0 aromatic heterocycles. The van der Waals surface area contributed by atoms with Crippen molar-refractivity contribution in [1.29, 1.82) is 0 Å². The molecule has 0 spiro atoms. The van der Waals surface area contributed by atoms with E-state index in [1.54, 1.807) is 25.1 Å². The minimum atomic E-state index is -3.59. The van der Waals surface area contributed by atoms with Crippen molar-refractivity contribution >= 4 is 10.0 Å². The van der Waals surface area contributed by atoms with Crippen molar-refractivity contribution in [3.05, 3.63) is 48.6 Å². The van der Waals surface area contributed by atoms with Gasteiger partial charge in [-0.3, -0.25) is 0 Å². The van der Waals surface area contributed by atoms with Gasteiger partial charge < -0.3 is 4.74 Å². The van der Waals surface area contributed by atoms with Gasteiger partial charge >= 0.3 is 0 Å². The summed E-state index contributed by atoms with van der Waals surface area (Å²) >= 11 is 0. The van der Waals surface area contributed by atoms with Crippen LogP contribution in [0.15, 0.2) is 42.3 Å². The Morgan fingerprint density at radius 1 is 1.15 bits per heavy atom. The Kier molecular flexibility index (Phi) is 5.53. The van der Waals surface area contributed by atoms with Gasteiger partial charge in [-0.15, -0.1) is 13.2 Å². The van der Waals surface area contributed by atoms with E-state index in [-0.39, 0.29) is 18.0 Å². The first kappa shape index (κ1) is 16.5. The Labute approximate surface area is 121 Å². The molecule has 1 aromatic carbocycles. The van der Waals surface area contributed by atoms with Crippen LogP contribution >= 0.6 is 0 Å². The molecule has 110 valence electrons. The first-order valence-corrected chi connectivity index (χ1v) is 7.69. The number of hydrogen-bond donors (Lipinski definition) is 0. The predicted octanol–water partition coefficient (Wildman–Crippen LogP) is 2.67. The van der Waals surface area contributed by atoms with E-state index >= 15 is 0 Å². The second kappa shape index (κ2) is 6.72. The molecule has 0 amide bonds. The molecule has 0 aliphatic carbocycles. The minimum absolute atomic E-state index is 0.240. The summed E-state index contributed by atoms with van der Waals surface area (Å²) < 4.78 is 31.9. The molecule has 0 fully saturated rings. The monoisotopic (exact) mass is 295 g/mol. The van der Waals surface area contributed by atoms with Gasteiger partial charge in [0.05, 0.1) is 12.0 Å². The van der Waals surface area contributed by atoms with Crippen molar-refractivity contribution in [1.82, 2.24) is 4.31 Å². The Morgan fingerprint density at radius 3 is 2.15 bits per heavy atom. The quantitative estimate of drug-likeness (QED) is 0.727. The van der Waals surface area contributed by atoms with Crippen LogP contribution in [0, 0.1) is 13.8 Å². The van der Waals surface area contributed by atoms with Gasteiger partial charge in [-0.05, 0) is 25.0 Å². The zero-order valence-corrected chi connectivity index (χ0v) is 13.0. The molecule has 4 nitrogen and oxygen atoms in total. The van der Waals surface area contributed by atoms with Crippen LogP contribution in [0.2, 0.25) is 0 Å². The summed E-state index contributed by atoms with van der Waals surface area (Å²) in [6.07, 6.45) is 3.11. The lowest BCUT2D eigenvalue weighted by atomic mass is 10.1. The van der Waals surface area contributed by atoms with E-state index in [2.05, 4.69) is 13.2 Å². The Hall–Kier alpha value is -1.59. The Morgan fingerprint density at radius 2 is 1.70 bits per heavy atom. The molecule has 0 bridgehead atoms. The van der Waals surface area contributed by atoms with Crippen LogP contribution in [0.4, 0.5) is 0 Å². The van der Waals surface area contributed by atoms with Crippen LogP contribution in [0.5, 0.6) is 5.75 Å². The summed E-state index contributed by atoms with van der Waals surface area (Å²) in [6.45, 7) is 11.3. The first-order valence-electron chi connectivity index (χ1n) is 6.25. The van der Waals surface area contributed by atoms with Gasteiger partial charge in [0.15, 0.2) is 0 Å². The summed E-state index contributed by atoms with van der Waals surface area (Å²) in [5.74, 6) is 0.561. The molecule has 0 aliphatic heterocycles. The number of sulfonamides is 1. The lowest BCUT2D eigenvalue weighted by Gasteiger charge is -2.21. The molecule has 5 heteroatoms. The summed E-state index contributed by atoms with van der Waals surface area (Å²) in [5.41, 5.74) is 1.60. The largest absolute Gasteiger partial charge is 0.496 e. The lowest BCUT2D eigenvalue weighted by Crippen LogP contribution is -2.32. The van der Waals surface area contributed by atoms with E-state index in [0.717, 1.165) is 5.56 Å². The number of ether oxygens (including phenoxy) is 1. The lowest BCUT2D eigenvalue weighted by molar-refractivity contribution is 0.409. The van der Waals surface area contributed by atoms with E-state index < -0.39 is 10.0 Å². The fourth-order valence-corrected chi connectivity index (χ4v) is 3.61. The average Bonchev–Trinajstić information content (AvgIpc) is 2.38. The molecule has 1 rings (SSSR count). The van der Waals surface area contributed by atoms with Crippen molar-refractivity contribution < 1.29 is 13.2 Å². The molecule has 0 N–H and O–H groups in total. The van der Waals surface area contributed by atoms with Gasteiger partial charge in [-0.25, -0.2) is 8.42 Å². The maximum atomic E-state index is 12.7. The number of hydrogen-bond acceptors (Lipinski definition) is 3. The zero-order valence-electron chi connectivity index (χ0n) is 12.2. The highest BCUT2D eigenvalue weighted by Crippen LogP contribution is 2.28. The second-order valence-corrected chi connectivity index (χ2v) is 6.39. The van der Waals surface area contributed by atoms with Gasteiger partial charge in [0.2, 0.25) is 10.0 Å². The Balaban J connectivity index is 3.39. The van der Waals surface area contributed by atoms with E-state index in [1.807, 2.05) is 13.0 Å². The third-order valence-electron chi connectivity index (χ3n) is 2.98. The third-order valence-corrected chi connectivity index (χ3v) is 4.95. The van der Waals surface area contributed by atoms with E-state index in [1.165, 1.54) is 11.4 Å². The van der Waals surface area contributed by atoms with Crippen molar-refractivity contribution in [3.8, 4) is 5.75 Å². The summed E-state index contributed by atoms with van der Waals surface area (Å²) in [6, 6.07) is 3.38. The fourth-order valence-electron chi connectivity index (χ4n) is 2.01. The van der Waals surface area contributed by atoms with Gasteiger partial charge in [0.25, 0.3) is 0 Å². The number of aryl methyl sites for hydroxylation is 2. The standard InChI is InChI=1S/C15H21NO3S/c1-6-8-16(9-7-2)20(17,18)15-11-14(19-5)12(3)10-13(15)4/h6-7,10-11H,1-2,8-9H2,3-5H3. The normalized spacial score (nSPS) is 11.4. The van der Waals surface area contributed by atoms with Crippen LogP contribution in [-0.4, -0.2) is 32.9 Å². The van der Waals surface area contributed by atoms with Gasteiger partial charge in [-0.2, -0.15) is 4.31 Å². The molecule has 0 saturated heterocycles. The highest BCUT2D eigenvalue weighted by atomic mass is 32.2. The van der Waals surface area contributed by atoms with Gasteiger partial charge in [-0.1, -0.05) is 18.2 Å². The highest BCUT2D eigenvalue weighted by Gasteiger charge is 2.25. The van der Waals surface area contributed by atoms with Crippen molar-refractivity contribution in [2.75, 3.05) is 20.2 Å². The SMILES string of the molecule is C=CCN(CC=C)S(=O)(=O)c1cc(OC)c(C)cc1C.